The van der Waals surface area contributed by atoms with Gasteiger partial charge >= 0.3 is 0 Å². The maximum atomic E-state index is 12.2. The topological polar surface area (TPSA) is 42.0 Å². The number of benzene rings is 1. The maximum Gasteiger partial charge on any atom is 0.288 e. The Bertz CT molecular complexity index is 608. The van der Waals surface area contributed by atoms with Crippen molar-refractivity contribution in [3.63, 3.8) is 0 Å². The molecule has 20 heavy (non-hydrogen) atoms. The molecular formula is C13H9BrF2N2OS. The van der Waals surface area contributed by atoms with Crippen molar-refractivity contribution >= 4 is 39.3 Å². The predicted molar refractivity (Wildman–Crippen MR) is 78.2 cm³/mol. The van der Waals surface area contributed by atoms with Crippen molar-refractivity contribution < 1.29 is 13.6 Å². The van der Waals surface area contributed by atoms with Gasteiger partial charge in [-0.1, -0.05) is 11.8 Å². The number of carbonyl (C=O) groups is 1. The number of halogens is 3. The van der Waals surface area contributed by atoms with E-state index in [-0.39, 0.29) is 5.91 Å². The zero-order chi connectivity index (χ0) is 14.5. The summed E-state index contributed by atoms with van der Waals surface area (Å²) in [5.41, 5.74) is 0.933. The Hall–Kier alpha value is -1.47. The third kappa shape index (κ3) is 4.01. The SMILES string of the molecule is O=C(Nc1ccc(SC(F)F)cc1)c1cccnc1Br. The maximum absolute atomic E-state index is 12.2. The Morgan fingerprint density at radius 2 is 1.95 bits per heavy atom. The molecule has 0 aliphatic heterocycles. The highest BCUT2D eigenvalue weighted by Crippen LogP contribution is 2.26. The van der Waals surface area contributed by atoms with Crippen LogP contribution in [-0.4, -0.2) is 16.6 Å². The molecule has 0 saturated carbocycles. The molecule has 104 valence electrons. The molecule has 2 aromatic rings. The zero-order valence-electron chi connectivity index (χ0n) is 10.0. The van der Waals surface area contributed by atoms with Crippen LogP contribution in [0.2, 0.25) is 0 Å². The third-order valence-electron chi connectivity index (χ3n) is 2.34. The van der Waals surface area contributed by atoms with E-state index < -0.39 is 5.76 Å². The summed E-state index contributed by atoms with van der Waals surface area (Å²) in [6.07, 6.45) is 1.57. The van der Waals surface area contributed by atoms with Crippen LogP contribution in [0.15, 0.2) is 52.1 Å². The Kier molecular flexibility index (Phi) is 5.08. The van der Waals surface area contributed by atoms with Crippen molar-refractivity contribution in [3.05, 3.63) is 52.8 Å². The van der Waals surface area contributed by atoms with Crippen LogP contribution in [0.4, 0.5) is 14.5 Å². The van der Waals surface area contributed by atoms with E-state index in [4.69, 9.17) is 0 Å². The smallest absolute Gasteiger partial charge is 0.288 e. The number of nitrogens with one attached hydrogen (secondary N) is 1. The third-order valence-corrected chi connectivity index (χ3v) is 3.70. The number of nitrogens with zero attached hydrogens (tertiary/aromatic N) is 1. The van der Waals surface area contributed by atoms with Crippen LogP contribution < -0.4 is 5.32 Å². The minimum absolute atomic E-state index is 0.320. The molecule has 2 rings (SSSR count). The first-order chi connectivity index (χ1) is 9.56. The second-order valence-electron chi connectivity index (χ2n) is 3.70. The highest BCUT2D eigenvalue weighted by molar-refractivity contribution is 9.10. The zero-order valence-corrected chi connectivity index (χ0v) is 12.4. The van der Waals surface area contributed by atoms with Gasteiger partial charge in [-0.25, -0.2) is 4.98 Å². The molecule has 1 amide bonds. The molecule has 0 aliphatic rings. The van der Waals surface area contributed by atoms with Gasteiger partial charge in [0.25, 0.3) is 11.7 Å². The summed E-state index contributed by atoms with van der Waals surface area (Å²) in [6.45, 7) is 0. The lowest BCUT2D eigenvalue weighted by atomic mass is 10.2. The number of amides is 1. The number of hydrogen-bond acceptors (Lipinski definition) is 3. The average Bonchev–Trinajstić information content (AvgIpc) is 2.41. The van der Waals surface area contributed by atoms with E-state index >= 15 is 0 Å². The van der Waals surface area contributed by atoms with Gasteiger partial charge in [0.15, 0.2) is 0 Å². The number of rotatable bonds is 4. The molecule has 7 heteroatoms. The summed E-state index contributed by atoms with van der Waals surface area (Å²) >= 11 is 3.65. The van der Waals surface area contributed by atoms with Gasteiger partial charge in [0.05, 0.1) is 5.56 Å². The van der Waals surface area contributed by atoms with Crippen LogP contribution in [0.25, 0.3) is 0 Å². The van der Waals surface area contributed by atoms with E-state index in [0.29, 0.717) is 32.5 Å². The van der Waals surface area contributed by atoms with Crippen molar-refractivity contribution in [3.8, 4) is 0 Å². The van der Waals surface area contributed by atoms with E-state index in [1.165, 1.54) is 12.1 Å². The first-order valence-corrected chi connectivity index (χ1v) is 7.20. The van der Waals surface area contributed by atoms with Gasteiger partial charge in [0, 0.05) is 16.8 Å². The molecule has 0 bridgehead atoms. The van der Waals surface area contributed by atoms with E-state index in [1.807, 2.05) is 0 Å². The molecular weight excluding hydrogens is 350 g/mol. The van der Waals surface area contributed by atoms with E-state index in [0.717, 1.165) is 0 Å². The number of carbonyl (C=O) groups excluding carboxylic acids is 1. The Labute approximate surface area is 126 Å². The van der Waals surface area contributed by atoms with E-state index in [2.05, 4.69) is 26.2 Å². The van der Waals surface area contributed by atoms with Gasteiger partial charge in [0.2, 0.25) is 0 Å². The van der Waals surface area contributed by atoms with Crippen molar-refractivity contribution in [2.45, 2.75) is 10.7 Å². The van der Waals surface area contributed by atoms with Crippen LogP contribution in [0.5, 0.6) is 0 Å². The summed E-state index contributed by atoms with van der Waals surface area (Å²) < 4.78 is 24.8. The van der Waals surface area contributed by atoms with Gasteiger partial charge < -0.3 is 5.32 Å². The van der Waals surface area contributed by atoms with Crippen molar-refractivity contribution in [2.24, 2.45) is 0 Å². The molecule has 0 unspecified atom stereocenters. The largest absolute Gasteiger partial charge is 0.322 e. The van der Waals surface area contributed by atoms with Gasteiger partial charge in [-0.2, -0.15) is 8.78 Å². The molecule has 1 heterocycles. The molecule has 3 nitrogen and oxygen atoms in total. The van der Waals surface area contributed by atoms with Crippen molar-refractivity contribution in [1.29, 1.82) is 0 Å². The lowest BCUT2D eigenvalue weighted by Crippen LogP contribution is -2.12. The van der Waals surface area contributed by atoms with Gasteiger partial charge in [-0.3, -0.25) is 4.79 Å². The summed E-state index contributed by atoms with van der Waals surface area (Å²) in [6, 6.07) is 9.50. The van der Waals surface area contributed by atoms with Gasteiger partial charge in [-0.15, -0.1) is 0 Å². The van der Waals surface area contributed by atoms with E-state index in [1.54, 1.807) is 30.5 Å². The van der Waals surface area contributed by atoms with Crippen LogP contribution in [0.1, 0.15) is 10.4 Å². The molecule has 0 aliphatic carbocycles. The highest BCUT2D eigenvalue weighted by atomic mass is 79.9. The van der Waals surface area contributed by atoms with Gasteiger partial charge in [0.1, 0.15) is 4.60 Å². The Morgan fingerprint density at radius 1 is 1.25 bits per heavy atom. The minimum Gasteiger partial charge on any atom is -0.322 e. The number of alkyl halides is 2. The molecule has 1 aromatic heterocycles. The second kappa shape index (κ2) is 6.81. The number of pyridine rings is 1. The quantitative estimate of drug-likeness (QED) is 0.650. The lowest BCUT2D eigenvalue weighted by Gasteiger charge is -2.07. The van der Waals surface area contributed by atoms with Crippen molar-refractivity contribution in [1.82, 2.24) is 4.98 Å². The highest BCUT2D eigenvalue weighted by Gasteiger charge is 2.11. The number of hydrogen-bond donors (Lipinski definition) is 1. The molecule has 0 saturated heterocycles. The van der Waals surface area contributed by atoms with Crippen molar-refractivity contribution in [2.75, 3.05) is 5.32 Å². The normalized spacial score (nSPS) is 10.6. The number of thioether (sulfide) groups is 1. The average molecular weight is 359 g/mol. The first-order valence-electron chi connectivity index (χ1n) is 5.53. The summed E-state index contributed by atoms with van der Waals surface area (Å²) in [7, 11) is 0. The second-order valence-corrected chi connectivity index (χ2v) is 5.51. The molecule has 0 atom stereocenters. The Balaban J connectivity index is 2.07. The van der Waals surface area contributed by atoms with Crippen LogP contribution in [0, 0.1) is 0 Å². The van der Waals surface area contributed by atoms with Crippen LogP contribution in [0.3, 0.4) is 0 Å². The summed E-state index contributed by atoms with van der Waals surface area (Å²) in [5.74, 6) is -2.78. The predicted octanol–water partition coefficient (Wildman–Crippen LogP) is 4.41. The van der Waals surface area contributed by atoms with Crippen LogP contribution >= 0.6 is 27.7 Å². The fourth-order valence-corrected chi connectivity index (χ4v) is 2.40. The van der Waals surface area contributed by atoms with Gasteiger partial charge in [-0.05, 0) is 52.3 Å². The number of anilines is 1. The minimum atomic E-state index is -2.46. The fraction of sp³-hybridized carbons (Fsp3) is 0.0769. The lowest BCUT2D eigenvalue weighted by molar-refractivity contribution is 0.102. The van der Waals surface area contributed by atoms with E-state index in [9.17, 15) is 13.6 Å². The standard InChI is InChI=1S/C13H9BrF2N2OS/c14-11-10(2-1-7-17-11)12(19)18-8-3-5-9(6-4-8)20-13(15)16/h1-7,13H,(H,18,19). The summed E-state index contributed by atoms with van der Waals surface area (Å²) in [4.78, 5) is 16.4. The molecule has 0 fully saturated rings. The molecule has 0 radical (unpaired) electrons. The number of aromatic nitrogens is 1. The Morgan fingerprint density at radius 3 is 2.55 bits per heavy atom. The molecule has 1 aromatic carbocycles. The van der Waals surface area contributed by atoms with Crippen LogP contribution in [-0.2, 0) is 0 Å². The summed E-state index contributed by atoms with van der Waals surface area (Å²) in [5, 5.41) is 2.67. The molecule has 1 N–H and O–H groups in total. The monoisotopic (exact) mass is 358 g/mol. The molecule has 0 spiro atoms. The fourth-order valence-electron chi connectivity index (χ4n) is 1.47. The first kappa shape index (κ1) is 14.9.